The molecule has 2 aromatic carbocycles. The van der Waals surface area contributed by atoms with E-state index in [1.165, 1.54) is 42.3 Å². The Labute approximate surface area is 164 Å². The van der Waals surface area contributed by atoms with Crippen LogP contribution >= 0.6 is 0 Å². The summed E-state index contributed by atoms with van der Waals surface area (Å²) in [5.74, 6) is 0. The van der Waals surface area contributed by atoms with Gasteiger partial charge in [0.05, 0.1) is 0 Å². The Kier molecular flexibility index (Phi) is 5.17. The van der Waals surface area contributed by atoms with Crippen LogP contribution in [0.25, 0.3) is 0 Å². The average molecular weight is 454 g/mol. The fourth-order valence-corrected chi connectivity index (χ4v) is 8.95. The Bertz CT molecular complexity index is 677. The maximum atomic E-state index is 2.67. The van der Waals surface area contributed by atoms with Gasteiger partial charge in [0.25, 0.3) is 0 Å². The van der Waals surface area contributed by atoms with E-state index in [1.54, 1.807) is 0 Å². The van der Waals surface area contributed by atoms with Crippen LogP contribution in [0.4, 0.5) is 22.7 Å². The summed E-state index contributed by atoms with van der Waals surface area (Å²) in [5, 5.41) is 0. The molecule has 0 aliphatic carbocycles. The number of rotatable bonds is 6. The van der Waals surface area contributed by atoms with Crippen molar-refractivity contribution in [3.63, 3.8) is 0 Å². The summed E-state index contributed by atoms with van der Waals surface area (Å²) >= 11 is -0.424. The number of anilines is 4. The molecule has 2 aliphatic rings. The topological polar surface area (TPSA) is 13.0 Å². The third-order valence-electron chi connectivity index (χ3n) is 4.81. The zero-order chi connectivity index (χ0) is 17.2. The van der Waals surface area contributed by atoms with Crippen LogP contribution < -0.4 is 15.4 Å². The minimum atomic E-state index is -0.212. The summed E-state index contributed by atoms with van der Waals surface area (Å²) in [6.45, 7) is 9.18. The molecule has 6 heteroatoms. The van der Waals surface area contributed by atoms with Crippen molar-refractivity contribution in [3.8, 4) is 0 Å². The Morgan fingerprint density at radius 2 is 0.960 bits per heavy atom. The van der Waals surface area contributed by atoms with Gasteiger partial charge in [-0.25, -0.2) is 0 Å². The van der Waals surface area contributed by atoms with Gasteiger partial charge in [0.15, 0.2) is 0 Å². The van der Waals surface area contributed by atoms with E-state index in [9.17, 15) is 0 Å². The van der Waals surface area contributed by atoms with Gasteiger partial charge >= 0.3 is 165 Å². The van der Waals surface area contributed by atoms with Crippen LogP contribution in [0.5, 0.6) is 0 Å². The number of para-hydroxylation sites is 4. The van der Waals surface area contributed by atoms with Crippen molar-refractivity contribution in [2.24, 2.45) is 0 Å². The molecule has 128 valence electrons. The van der Waals surface area contributed by atoms with E-state index in [0.29, 0.717) is 0 Å². The van der Waals surface area contributed by atoms with Crippen molar-refractivity contribution in [2.45, 2.75) is 20.3 Å². The van der Waals surface area contributed by atoms with Crippen molar-refractivity contribution < 1.29 is 0 Å². The summed E-state index contributed by atoms with van der Waals surface area (Å²) in [7, 11) is 0. The van der Waals surface area contributed by atoms with Gasteiger partial charge in [-0.1, -0.05) is 0 Å². The third-order valence-corrected chi connectivity index (χ3v) is 11.1. The quantitative estimate of drug-likeness (QED) is 0.623. The SMILES string of the molecule is CC[N]1[Ge][N](CCC[N]2[Ge][N](CC)c3ccccc32)c2ccccc21. The second-order valence-electron chi connectivity index (χ2n) is 6.32. The molecule has 4 radical (unpaired) electrons. The zero-order valence-electron chi connectivity index (χ0n) is 14.9. The molecule has 0 saturated carbocycles. The van der Waals surface area contributed by atoms with Crippen LogP contribution in [-0.2, 0) is 0 Å². The van der Waals surface area contributed by atoms with Crippen molar-refractivity contribution >= 4 is 54.5 Å². The molecule has 0 fully saturated rings. The molecule has 0 bridgehead atoms. The molecule has 0 spiro atoms. The van der Waals surface area contributed by atoms with Crippen LogP contribution in [0.2, 0.25) is 0 Å². The minimum absolute atomic E-state index is 0.212. The monoisotopic (exact) mass is 456 g/mol. The molecule has 25 heavy (non-hydrogen) atoms. The van der Waals surface area contributed by atoms with Crippen molar-refractivity contribution in [3.05, 3.63) is 48.5 Å². The molecule has 0 atom stereocenters. The van der Waals surface area contributed by atoms with E-state index in [0.717, 1.165) is 13.1 Å². The second kappa shape index (κ2) is 7.54. The van der Waals surface area contributed by atoms with Gasteiger partial charge < -0.3 is 0 Å². The molecule has 4 rings (SSSR count). The predicted octanol–water partition coefficient (Wildman–Crippen LogP) is 3.14. The maximum absolute atomic E-state index is 2.67. The average Bonchev–Trinajstić information content (AvgIpc) is 3.20. The fourth-order valence-electron chi connectivity index (χ4n) is 3.56. The van der Waals surface area contributed by atoms with Crippen LogP contribution in [0.15, 0.2) is 48.5 Å². The van der Waals surface area contributed by atoms with Gasteiger partial charge in [-0.2, -0.15) is 0 Å². The molecule has 2 aromatic rings. The van der Waals surface area contributed by atoms with E-state index in [-0.39, 0.29) is 31.8 Å². The Morgan fingerprint density at radius 3 is 1.32 bits per heavy atom. The van der Waals surface area contributed by atoms with Gasteiger partial charge in [-0.15, -0.1) is 0 Å². The predicted molar refractivity (Wildman–Crippen MR) is 110 cm³/mol. The van der Waals surface area contributed by atoms with Gasteiger partial charge in [0, 0.05) is 0 Å². The van der Waals surface area contributed by atoms with Crippen molar-refractivity contribution in [1.29, 1.82) is 0 Å². The van der Waals surface area contributed by atoms with E-state index in [4.69, 9.17) is 0 Å². The van der Waals surface area contributed by atoms with Crippen molar-refractivity contribution in [1.82, 2.24) is 0 Å². The van der Waals surface area contributed by atoms with E-state index < -0.39 is 0 Å². The van der Waals surface area contributed by atoms with Crippen molar-refractivity contribution in [2.75, 3.05) is 41.6 Å². The molecule has 2 heterocycles. The molecule has 0 aromatic heterocycles. The Balaban J connectivity index is 1.39. The van der Waals surface area contributed by atoms with Crippen LogP contribution in [0.3, 0.4) is 0 Å². The van der Waals surface area contributed by atoms with E-state index in [2.05, 4.69) is 77.8 Å². The first-order valence-corrected chi connectivity index (χ1v) is 12.9. The third kappa shape index (κ3) is 3.26. The van der Waals surface area contributed by atoms with E-state index in [1.807, 2.05) is 0 Å². The summed E-state index contributed by atoms with van der Waals surface area (Å²) in [6, 6.07) is 17.9. The molecule has 0 unspecified atom stereocenters. The number of fused-ring (bicyclic) bond motifs is 2. The molecular formula is C19H24Ge2N4. The van der Waals surface area contributed by atoms with Crippen LogP contribution in [0, 0.1) is 0 Å². The molecule has 0 N–H and O–H groups in total. The number of hydrogen-bond donors (Lipinski definition) is 0. The fraction of sp³-hybridized carbons (Fsp3) is 0.368. The van der Waals surface area contributed by atoms with Gasteiger partial charge in [-0.3, -0.25) is 0 Å². The molecule has 4 nitrogen and oxygen atoms in total. The number of hydrogen-bond acceptors (Lipinski definition) is 4. The summed E-state index contributed by atoms with van der Waals surface area (Å²) < 4.78 is 10.5. The standard InChI is InChI=1S/C19H24Ge2N4/c1-3-22-16-10-5-7-12-18(16)24(20-22)14-9-15-25-19-13-8-6-11-17(19)23(4-2)21-25/h5-8,10-13H,3-4,9,14-15H2,1-2H3. The van der Waals surface area contributed by atoms with Gasteiger partial charge in [-0.05, 0) is 0 Å². The Morgan fingerprint density at radius 1 is 0.600 bits per heavy atom. The molecule has 2 aliphatic heterocycles. The normalized spacial score (nSPS) is 15.8. The first-order valence-electron chi connectivity index (χ1n) is 9.12. The van der Waals surface area contributed by atoms with Crippen LogP contribution in [0.1, 0.15) is 20.3 Å². The first-order chi connectivity index (χ1) is 12.3. The molecule has 0 saturated heterocycles. The Hall–Kier alpha value is -1.27. The van der Waals surface area contributed by atoms with E-state index >= 15 is 0 Å². The zero-order valence-corrected chi connectivity index (χ0v) is 19.1. The van der Waals surface area contributed by atoms with Gasteiger partial charge in [0.1, 0.15) is 0 Å². The van der Waals surface area contributed by atoms with Gasteiger partial charge in [0.2, 0.25) is 0 Å². The molecule has 0 amide bonds. The number of nitrogens with zero attached hydrogens (tertiary/aromatic N) is 4. The summed E-state index contributed by atoms with van der Waals surface area (Å²) in [4.78, 5) is 0. The second-order valence-corrected chi connectivity index (χ2v) is 11.7. The molecular weight excluding hydrogens is 429 g/mol. The summed E-state index contributed by atoms with van der Waals surface area (Å²) in [5.41, 5.74) is 5.80. The first kappa shape index (κ1) is 17.2. The van der Waals surface area contributed by atoms with Crippen LogP contribution in [-0.4, -0.2) is 57.9 Å². The summed E-state index contributed by atoms with van der Waals surface area (Å²) in [6.07, 6.45) is 1.24. The number of benzene rings is 2.